The van der Waals surface area contributed by atoms with Gasteiger partial charge in [0.15, 0.2) is 16.7 Å². The van der Waals surface area contributed by atoms with Gasteiger partial charge in [0.25, 0.3) is 0 Å². The summed E-state index contributed by atoms with van der Waals surface area (Å²) < 4.78 is 31.0. The van der Waals surface area contributed by atoms with E-state index in [0.29, 0.717) is 11.6 Å². The van der Waals surface area contributed by atoms with Crippen LogP contribution in [-0.2, 0) is 6.42 Å². The van der Waals surface area contributed by atoms with Gasteiger partial charge in [-0.1, -0.05) is 0 Å². The van der Waals surface area contributed by atoms with E-state index >= 15 is 0 Å². The normalized spacial score (nSPS) is 10.5. The Morgan fingerprint density at radius 1 is 1.35 bits per heavy atom. The molecular weight excluding hydrogens is 246 g/mol. The zero-order chi connectivity index (χ0) is 12.3. The van der Waals surface area contributed by atoms with E-state index in [4.69, 9.17) is 10.5 Å². The predicted octanol–water partition coefficient (Wildman–Crippen LogP) is 2.63. The van der Waals surface area contributed by atoms with Crippen molar-refractivity contribution in [1.82, 2.24) is 4.98 Å². The summed E-state index contributed by atoms with van der Waals surface area (Å²) in [5, 5.41) is 2.31. The van der Waals surface area contributed by atoms with E-state index in [1.807, 2.05) is 5.38 Å². The first-order valence-corrected chi connectivity index (χ1v) is 5.81. The molecule has 2 aromatic rings. The molecule has 2 rings (SSSR count). The fourth-order valence-corrected chi connectivity index (χ4v) is 1.89. The summed E-state index contributed by atoms with van der Waals surface area (Å²) in [6.07, 6.45) is 0.532. The molecule has 1 heterocycles. The minimum atomic E-state index is -0.706. The van der Waals surface area contributed by atoms with Crippen LogP contribution in [0.1, 0.15) is 5.69 Å². The summed E-state index contributed by atoms with van der Waals surface area (Å²) in [6, 6.07) is 3.20. The summed E-state index contributed by atoms with van der Waals surface area (Å²) in [5.41, 5.74) is 6.27. The summed E-state index contributed by atoms with van der Waals surface area (Å²) in [5.74, 6) is -1.29. The van der Waals surface area contributed by atoms with E-state index in [9.17, 15) is 8.78 Å². The second-order valence-corrected chi connectivity index (χ2v) is 4.24. The molecule has 0 fully saturated rings. The fraction of sp³-hybridized carbons (Fsp3) is 0.182. The maximum absolute atomic E-state index is 13.2. The number of nitrogen functional groups attached to an aromatic ring is 1. The SMILES string of the molecule is Nc1nc(CCOc2ccc(F)cc2F)cs1. The molecule has 0 radical (unpaired) electrons. The van der Waals surface area contributed by atoms with E-state index in [1.165, 1.54) is 17.4 Å². The molecule has 0 aliphatic heterocycles. The highest BCUT2D eigenvalue weighted by Crippen LogP contribution is 2.18. The molecule has 0 amide bonds. The van der Waals surface area contributed by atoms with Gasteiger partial charge < -0.3 is 10.5 Å². The number of hydrogen-bond donors (Lipinski definition) is 1. The first-order chi connectivity index (χ1) is 8.15. The van der Waals surface area contributed by atoms with Crippen molar-refractivity contribution < 1.29 is 13.5 Å². The zero-order valence-electron chi connectivity index (χ0n) is 8.82. The van der Waals surface area contributed by atoms with Gasteiger partial charge in [0, 0.05) is 17.9 Å². The Kier molecular flexibility index (Phi) is 3.53. The molecule has 3 nitrogen and oxygen atoms in total. The monoisotopic (exact) mass is 256 g/mol. The van der Waals surface area contributed by atoms with E-state index < -0.39 is 11.6 Å². The third-order valence-corrected chi connectivity index (χ3v) is 2.80. The molecule has 0 saturated carbocycles. The zero-order valence-corrected chi connectivity index (χ0v) is 9.64. The number of nitrogens with two attached hydrogens (primary N) is 1. The number of aromatic nitrogens is 1. The van der Waals surface area contributed by atoms with Gasteiger partial charge in [-0.15, -0.1) is 11.3 Å². The van der Waals surface area contributed by atoms with Crippen LogP contribution < -0.4 is 10.5 Å². The molecule has 90 valence electrons. The molecule has 0 unspecified atom stereocenters. The lowest BCUT2D eigenvalue weighted by Crippen LogP contribution is -2.03. The smallest absolute Gasteiger partial charge is 0.180 e. The fourth-order valence-electron chi connectivity index (χ4n) is 1.30. The highest BCUT2D eigenvalue weighted by Gasteiger charge is 2.05. The van der Waals surface area contributed by atoms with Gasteiger partial charge in [0.05, 0.1) is 12.3 Å². The molecule has 17 heavy (non-hydrogen) atoms. The Labute approximate surface area is 101 Å². The number of ether oxygens (including phenoxy) is 1. The maximum Gasteiger partial charge on any atom is 0.180 e. The number of hydrogen-bond acceptors (Lipinski definition) is 4. The molecule has 0 aliphatic carbocycles. The first kappa shape index (κ1) is 11.8. The van der Waals surface area contributed by atoms with Gasteiger partial charge in [0.1, 0.15) is 5.82 Å². The molecule has 0 bridgehead atoms. The van der Waals surface area contributed by atoms with Crippen LogP contribution in [0.25, 0.3) is 0 Å². The average molecular weight is 256 g/mol. The van der Waals surface area contributed by atoms with Crippen molar-refractivity contribution in [3.8, 4) is 5.75 Å². The highest BCUT2D eigenvalue weighted by molar-refractivity contribution is 7.13. The average Bonchev–Trinajstić information content (AvgIpc) is 2.68. The number of thiazole rings is 1. The Bertz CT molecular complexity index is 516. The first-order valence-electron chi connectivity index (χ1n) is 4.93. The van der Waals surface area contributed by atoms with Crippen LogP contribution in [0, 0.1) is 11.6 Å². The molecule has 6 heteroatoms. The van der Waals surface area contributed by atoms with Crippen molar-refractivity contribution in [3.63, 3.8) is 0 Å². The van der Waals surface area contributed by atoms with Crippen LogP contribution >= 0.6 is 11.3 Å². The summed E-state index contributed by atoms with van der Waals surface area (Å²) in [6.45, 7) is 0.270. The molecule has 2 N–H and O–H groups in total. The lowest BCUT2D eigenvalue weighted by molar-refractivity contribution is 0.303. The number of nitrogens with zero attached hydrogens (tertiary/aromatic N) is 1. The molecule has 0 saturated heterocycles. The summed E-state index contributed by atoms with van der Waals surface area (Å²) in [4.78, 5) is 4.04. The van der Waals surface area contributed by atoms with Crippen LogP contribution in [0.5, 0.6) is 5.75 Å². The minimum absolute atomic E-state index is 0.0367. The van der Waals surface area contributed by atoms with E-state index in [2.05, 4.69) is 4.98 Å². The molecule has 1 aromatic carbocycles. The summed E-state index contributed by atoms with van der Waals surface area (Å²) >= 11 is 1.34. The van der Waals surface area contributed by atoms with Crippen molar-refractivity contribution in [2.75, 3.05) is 12.3 Å². The molecule has 0 spiro atoms. The van der Waals surface area contributed by atoms with Crippen LogP contribution in [0.3, 0.4) is 0 Å². The van der Waals surface area contributed by atoms with E-state index in [-0.39, 0.29) is 12.4 Å². The summed E-state index contributed by atoms with van der Waals surface area (Å²) in [7, 11) is 0. The Morgan fingerprint density at radius 2 is 2.18 bits per heavy atom. The van der Waals surface area contributed by atoms with Crippen molar-refractivity contribution >= 4 is 16.5 Å². The van der Waals surface area contributed by atoms with Crippen molar-refractivity contribution in [2.24, 2.45) is 0 Å². The van der Waals surface area contributed by atoms with Gasteiger partial charge in [-0.2, -0.15) is 0 Å². The van der Waals surface area contributed by atoms with Gasteiger partial charge in [-0.05, 0) is 12.1 Å². The third kappa shape index (κ3) is 3.13. The second-order valence-electron chi connectivity index (χ2n) is 3.35. The number of benzene rings is 1. The molecule has 0 aliphatic rings. The Morgan fingerprint density at radius 3 is 2.82 bits per heavy atom. The van der Waals surface area contributed by atoms with Crippen LogP contribution in [0.15, 0.2) is 23.6 Å². The lowest BCUT2D eigenvalue weighted by Gasteiger charge is -2.05. The van der Waals surface area contributed by atoms with Crippen LogP contribution in [0.2, 0.25) is 0 Å². The number of anilines is 1. The van der Waals surface area contributed by atoms with Gasteiger partial charge in [-0.3, -0.25) is 0 Å². The topological polar surface area (TPSA) is 48.1 Å². The van der Waals surface area contributed by atoms with Crippen molar-refractivity contribution in [1.29, 1.82) is 0 Å². The second kappa shape index (κ2) is 5.09. The lowest BCUT2D eigenvalue weighted by atomic mass is 10.3. The number of rotatable bonds is 4. The minimum Gasteiger partial charge on any atom is -0.490 e. The number of halogens is 2. The van der Waals surface area contributed by atoms with E-state index in [1.54, 1.807) is 0 Å². The van der Waals surface area contributed by atoms with Gasteiger partial charge in [0.2, 0.25) is 0 Å². The molecule has 1 aromatic heterocycles. The quantitative estimate of drug-likeness (QED) is 0.914. The third-order valence-electron chi connectivity index (χ3n) is 2.08. The highest BCUT2D eigenvalue weighted by atomic mass is 32.1. The van der Waals surface area contributed by atoms with Gasteiger partial charge in [-0.25, -0.2) is 13.8 Å². The largest absolute Gasteiger partial charge is 0.490 e. The van der Waals surface area contributed by atoms with E-state index in [0.717, 1.165) is 17.8 Å². The van der Waals surface area contributed by atoms with Crippen LogP contribution in [-0.4, -0.2) is 11.6 Å². The molecular formula is C11H10F2N2OS. The maximum atomic E-state index is 13.2. The van der Waals surface area contributed by atoms with Crippen LogP contribution in [0.4, 0.5) is 13.9 Å². The Balaban J connectivity index is 1.90. The van der Waals surface area contributed by atoms with Gasteiger partial charge >= 0.3 is 0 Å². The predicted molar refractivity (Wildman–Crippen MR) is 62.1 cm³/mol. The van der Waals surface area contributed by atoms with Crippen molar-refractivity contribution in [2.45, 2.75) is 6.42 Å². The molecule has 0 atom stereocenters. The van der Waals surface area contributed by atoms with Crippen molar-refractivity contribution in [3.05, 3.63) is 40.9 Å². The standard InChI is InChI=1S/C11H10F2N2OS/c12-7-1-2-10(9(13)5-7)16-4-3-8-6-17-11(14)15-8/h1-2,5-6H,3-4H2,(H2,14,15). The Hall–Kier alpha value is -1.69.